The van der Waals surface area contributed by atoms with Crippen molar-refractivity contribution >= 4 is 21.4 Å². The molecule has 0 bridgehead atoms. The van der Waals surface area contributed by atoms with Crippen molar-refractivity contribution in [2.45, 2.75) is 36.1 Å². The van der Waals surface area contributed by atoms with Gasteiger partial charge in [-0.15, -0.1) is 0 Å². The first-order chi connectivity index (χ1) is 9.74. The Morgan fingerprint density at radius 2 is 1.90 bits per heavy atom. The molecule has 1 aliphatic carbocycles. The molecular formula is C14H24N4O2S. The van der Waals surface area contributed by atoms with Gasteiger partial charge in [-0.2, -0.15) is 0 Å². The van der Waals surface area contributed by atoms with Crippen molar-refractivity contribution in [1.29, 1.82) is 0 Å². The molecule has 1 fully saturated rings. The van der Waals surface area contributed by atoms with E-state index in [1.54, 1.807) is 12.1 Å². The van der Waals surface area contributed by atoms with E-state index in [4.69, 9.17) is 10.9 Å². The number of hydrogen-bond donors (Lipinski definition) is 3. The van der Waals surface area contributed by atoms with Crippen molar-refractivity contribution in [3.8, 4) is 0 Å². The molecule has 0 radical (unpaired) electrons. The van der Waals surface area contributed by atoms with Crippen LogP contribution in [0.1, 0.15) is 25.7 Å². The summed E-state index contributed by atoms with van der Waals surface area (Å²) in [4.78, 5) is 2.24. The lowest BCUT2D eigenvalue weighted by atomic mass is 9.96. The van der Waals surface area contributed by atoms with E-state index in [1.165, 1.54) is 18.9 Å². The van der Waals surface area contributed by atoms with Gasteiger partial charge in [0.15, 0.2) is 0 Å². The molecular weight excluding hydrogens is 288 g/mol. The Bertz CT molecular complexity index is 607. The Morgan fingerprint density at radius 3 is 2.38 bits per heavy atom. The van der Waals surface area contributed by atoms with Crippen molar-refractivity contribution < 1.29 is 8.42 Å². The number of likely N-dealkylation sites (N-methyl/N-ethyl adjacent to an activating group) is 1. The average Bonchev–Trinajstić information content (AvgIpc) is 2.85. The van der Waals surface area contributed by atoms with Gasteiger partial charge < -0.3 is 16.0 Å². The maximum atomic E-state index is 11.3. The zero-order valence-corrected chi connectivity index (χ0v) is 13.4. The molecule has 5 N–H and O–H groups in total. The lowest BCUT2D eigenvalue weighted by Crippen LogP contribution is -2.47. The molecule has 0 amide bonds. The minimum atomic E-state index is -3.77. The number of nitrogen functional groups attached to an aromatic ring is 1. The van der Waals surface area contributed by atoms with E-state index in [0.29, 0.717) is 0 Å². The molecule has 7 heteroatoms. The van der Waals surface area contributed by atoms with Crippen LogP contribution in [0.15, 0.2) is 23.1 Å². The van der Waals surface area contributed by atoms with Gasteiger partial charge in [-0.3, -0.25) is 0 Å². The SMILES string of the molecule is CN(C)C1(CNc2ccc(S(N)(=O)=O)c(N)c2)CCCC1. The van der Waals surface area contributed by atoms with Crippen LogP contribution in [0.3, 0.4) is 0 Å². The summed E-state index contributed by atoms with van der Waals surface area (Å²) in [6.07, 6.45) is 4.81. The van der Waals surface area contributed by atoms with E-state index in [0.717, 1.165) is 25.1 Å². The second-order valence-electron chi connectivity index (χ2n) is 5.98. The van der Waals surface area contributed by atoms with Crippen molar-refractivity contribution in [1.82, 2.24) is 4.90 Å². The van der Waals surface area contributed by atoms with Crippen molar-refractivity contribution in [2.24, 2.45) is 5.14 Å². The summed E-state index contributed by atoms with van der Waals surface area (Å²) >= 11 is 0. The summed E-state index contributed by atoms with van der Waals surface area (Å²) in [5.41, 5.74) is 6.92. The van der Waals surface area contributed by atoms with Crippen LogP contribution in [0.2, 0.25) is 0 Å². The van der Waals surface area contributed by atoms with Gasteiger partial charge in [-0.05, 0) is 45.1 Å². The van der Waals surface area contributed by atoms with Gasteiger partial charge in [0.25, 0.3) is 0 Å². The molecule has 2 rings (SSSR count). The zero-order valence-electron chi connectivity index (χ0n) is 12.6. The topological polar surface area (TPSA) is 101 Å². The van der Waals surface area contributed by atoms with Crippen LogP contribution in [0.4, 0.5) is 11.4 Å². The summed E-state index contributed by atoms with van der Waals surface area (Å²) in [7, 11) is 0.438. The third-order valence-corrected chi connectivity index (χ3v) is 5.41. The second kappa shape index (κ2) is 5.82. The molecule has 1 aromatic carbocycles. The summed E-state index contributed by atoms with van der Waals surface area (Å²) in [5, 5.41) is 8.48. The number of nitrogens with two attached hydrogens (primary N) is 2. The zero-order chi connectivity index (χ0) is 15.7. The Kier molecular flexibility index (Phi) is 4.46. The van der Waals surface area contributed by atoms with E-state index in [1.807, 2.05) is 0 Å². The van der Waals surface area contributed by atoms with Crippen LogP contribution in [0.25, 0.3) is 0 Å². The number of hydrogen-bond acceptors (Lipinski definition) is 5. The largest absolute Gasteiger partial charge is 0.398 e. The van der Waals surface area contributed by atoms with E-state index in [-0.39, 0.29) is 16.1 Å². The van der Waals surface area contributed by atoms with E-state index < -0.39 is 10.0 Å². The highest BCUT2D eigenvalue weighted by atomic mass is 32.2. The summed E-state index contributed by atoms with van der Waals surface area (Å²) in [5.74, 6) is 0. The Hall–Kier alpha value is -1.31. The Labute approximate surface area is 126 Å². The van der Waals surface area contributed by atoms with E-state index in [2.05, 4.69) is 24.3 Å². The van der Waals surface area contributed by atoms with Crippen LogP contribution in [-0.2, 0) is 10.0 Å². The highest BCUT2D eigenvalue weighted by Gasteiger charge is 2.35. The van der Waals surface area contributed by atoms with Gasteiger partial charge in [-0.1, -0.05) is 12.8 Å². The maximum absolute atomic E-state index is 11.3. The third kappa shape index (κ3) is 3.48. The number of nitrogens with one attached hydrogen (secondary N) is 1. The number of primary sulfonamides is 1. The highest BCUT2D eigenvalue weighted by molar-refractivity contribution is 7.89. The van der Waals surface area contributed by atoms with E-state index in [9.17, 15) is 8.42 Å². The molecule has 1 aliphatic rings. The third-order valence-electron chi connectivity index (χ3n) is 4.42. The normalized spacial score (nSPS) is 18.1. The van der Waals surface area contributed by atoms with Gasteiger partial charge in [-0.25, -0.2) is 13.6 Å². The summed E-state index contributed by atoms with van der Waals surface area (Å²) in [6, 6.07) is 4.77. The van der Waals surface area contributed by atoms with Crippen molar-refractivity contribution in [2.75, 3.05) is 31.7 Å². The number of anilines is 2. The fraction of sp³-hybridized carbons (Fsp3) is 0.571. The molecule has 0 aliphatic heterocycles. The quantitative estimate of drug-likeness (QED) is 0.709. The second-order valence-corrected chi connectivity index (χ2v) is 7.51. The molecule has 6 nitrogen and oxygen atoms in total. The van der Waals surface area contributed by atoms with Crippen molar-refractivity contribution in [3.63, 3.8) is 0 Å². The predicted molar refractivity (Wildman–Crippen MR) is 85.6 cm³/mol. The first-order valence-electron chi connectivity index (χ1n) is 7.08. The van der Waals surface area contributed by atoms with Crippen LogP contribution in [0, 0.1) is 0 Å². The predicted octanol–water partition coefficient (Wildman–Crippen LogP) is 1.20. The molecule has 0 unspecified atom stereocenters. The number of sulfonamides is 1. The molecule has 0 saturated heterocycles. The minimum absolute atomic E-state index is 0.0313. The van der Waals surface area contributed by atoms with Gasteiger partial charge in [0, 0.05) is 17.8 Å². The fourth-order valence-corrected chi connectivity index (χ4v) is 3.64. The number of rotatable bonds is 5. The average molecular weight is 312 g/mol. The summed E-state index contributed by atoms with van der Waals surface area (Å²) < 4.78 is 22.7. The van der Waals surface area contributed by atoms with Gasteiger partial charge >= 0.3 is 0 Å². The molecule has 1 saturated carbocycles. The van der Waals surface area contributed by atoms with Crippen LogP contribution in [-0.4, -0.2) is 39.5 Å². The fourth-order valence-electron chi connectivity index (χ4n) is 3.00. The smallest absolute Gasteiger partial charge is 0.240 e. The standard InChI is InChI=1S/C14H24N4O2S/c1-18(2)14(7-3-4-8-14)10-17-11-5-6-13(12(15)9-11)21(16,19)20/h5-6,9,17H,3-4,7-8,10,15H2,1-2H3,(H2,16,19,20). The summed E-state index contributed by atoms with van der Waals surface area (Å²) in [6.45, 7) is 0.814. The Morgan fingerprint density at radius 1 is 1.29 bits per heavy atom. The Balaban J connectivity index is 2.12. The molecule has 1 aromatic rings. The molecule has 0 spiro atoms. The van der Waals surface area contributed by atoms with Gasteiger partial charge in [0.05, 0.1) is 5.69 Å². The van der Waals surface area contributed by atoms with Crippen molar-refractivity contribution in [3.05, 3.63) is 18.2 Å². The maximum Gasteiger partial charge on any atom is 0.240 e. The van der Waals surface area contributed by atoms with Crippen LogP contribution < -0.4 is 16.2 Å². The molecule has 21 heavy (non-hydrogen) atoms. The molecule has 0 atom stereocenters. The monoisotopic (exact) mass is 312 g/mol. The molecule has 118 valence electrons. The van der Waals surface area contributed by atoms with Crippen LogP contribution >= 0.6 is 0 Å². The van der Waals surface area contributed by atoms with Crippen LogP contribution in [0.5, 0.6) is 0 Å². The molecule has 0 heterocycles. The first-order valence-corrected chi connectivity index (χ1v) is 8.63. The minimum Gasteiger partial charge on any atom is -0.398 e. The van der Waals surface area contributed by atoms with Gasteiger partial charge in [0.2, 0.25) is 10.0 Å². The number of benzene rings is 1. The first kappa shape index (κ1) is 16.1. The lowest BCUT2D eigenvalue weighted by Gasteiger charge is -2.36. The van der Waals surface area contributed by atoms with Gasteiger partial charge in [0.1, 0.15) is 4.90 Å². The number of nitrogens with zero attached hydrogens (tertiary/aromatic N) is 1. The van der Waals surface area contributed by atoms with E-state index >= 15 is 0 Å². The molecule has 0 aromatic heterocycles. The highest BCUT2D eigenvalue weighted by Crippen LogP contribution is 2.34. The lowest BCUT2D eigenvalue weighted by molar-refractivity contribution is 0.172.